The first kappa shape index (κ1) is 24.8. The van der Waals surface area contributed by atoms with Gasteiger partial charge in [-0.05, 0) is 80.0 Å². The third-order valence-corrected chi connectivity index (χ3v) is 8.38. The van der Waals surface area contributed by atoms with Crippen LogP contribution in [0.4, 0.5) is 5.69 Å². The molecule has 1 heterocycles. The van der Waals surface area contributed by atoms with Crippen LogP contribution in [0.1, 0.15) is 54.6 Å². The molecule has 0 radical (unpaired) electrons. The lowest BCUT2D eigenvalue weighted by Gasteiger charge is -2.37. The van der Waals surface area contributed by atoms with Crippen LogP contribution >= 0.6 is 11.6 Å². The quantitative estimate of drug-likeness (QED) is 0.529. The first-order valence-corrected chi connectivity index (χ1v) is 13.8. The van der Waals surface area contributed by atoms with E-state index in [1.54, 1.807) is 18.2 Å². The highest BCUT2D eigenvalue weighted by Crippen LogP contribution is 2.42. The summed E-state index contributed by atoms with van der Waals surface area (Å²) >= 11 is 6.23. The number of carbonyl (C=O) groups is 1. The van der Waals surface area contributed by atoms with Gasteiger partial charge in [0.2, 0.25) is 0 Å². The Morgan fingerprint density at radius 2 is 2.18 bits per heavy atom. The fourth-order valence-electron chi connectivity index (χ4n) is 4.90. The van der Waals surface area contributed by atoms with Crippen LogP contribution in [0.15, 0.2) is 52.9 Å². The van der Waals surface area contributed by atoms with Crippen molar-refractivity contribution in [3.05, 3.63) is 70.3 Å². The second-order valence-corrected chi connectivity index (χ2v) is 11.8. The van der Waals surface area contributed by atoms with Crippen LogP contribution in [0.2, 0.25) is 5.02 Å². The predicted molar refractivity (Wildman–Crippen MR) is 139 cm³/mol. The van der Waals surface area contributed by atoms with E-state index in [4.69, 9.17) is 21.5 Å². The molecule has 1 aliphatic heterocycles. The summed E-state index contributed by atoms with van der Waals surface area (Å²) in [6.07, 6.45) is 7.75. The van der Waals surface area contributed by atoms with Gasteiger partial charge < -0.3 is 10.1 Å². The van der Waals surface area contributed by atoms with Crippen LogP contribution < -0.4 is 15.2 Å². The zero-order valence-electron chi connectivity index (χ0n) is 19.7. The van der Waals surface area contributed by atoms with Gasteiger partial charge in [0, 0.05) is 28.3 Å². The van der Waals surface area contributed by atoms with E-state index in [0.29, 0.717) is 24.5 Å². The van der Waals surface area contributed by atoms with Crippen molar-refractivity contribution in [2.75, 3.05) is 24.2 Å². The number of fused-ring (bicyclic) bond motifs is 3. The van der Waals surface area contributed by atoms with Gasteiger partial charge in [0.25, 0.3) is 5.91 Å². The number of allylic oxidation sites excluding steroid dienone is 2. The first-order chi connectivity index (χ1) is 16.2. The molecule has 3 N–H and O–H groups in total. The van der Waals surface area contributed by atoms with E-state index in [9.17, 15) is 9.00 Å². The number of ether oxygens (including phenoxy) is 1. The Morgan fingerprint density at radius 1 is 1.35 bits per heavy atom. The lowest BCUT2D eigenvalue weighted by molar-refractivity contribution is 0.100. The van der Waals surface area contributed by atoms with Gasteiger partial charge in [-0.3, -0.25) is 4.79 Å². The number of nitrogens with two attached hydrogens (primary N) is 1. The SMILES string of the molecule is C/C=C\C[C@H](C)C[S@](N)(=O)=NC(=O)c1ccc2c(c1)NC[C@@]1(CCCc3cc(Cl)ccc31)CO2. The number of nitrogens with one attached hydrogen (secondary N) is 1. The van der Waals surface area contributed by atoms with Crippen molar-refractivity contribution >= 4 is 33.1 Å². The Balaban J connectivity index is 1.54. The minimum atomic E-state index is -3.12. The smallest absolute Gasteiger partial charge is 0.286 e. The average Bonchev–Trinajstić information content (AvgIpc) is 2.97. The van der Waals surface area contributed by atoms with E-state index in [0.717, 1.165) is 36.4 Å². The molecule has 8 heteroatoms. The maximum absolute atomic E-state index is 12.8. The minimum absolute atomic E-state index is 0.0665. The van der Waals surface area contributed by atoms with Crippen molar-refractivity contribution in [2.24, 2.45) is 15.4 Å². The van der Waals surface area contributed by atoms with Crippen molar-refractivity contribution in [1.29, 1.82) is 0 Å². The number of hydrogen-bond donors (Lipinski definition) is 2. The number of halogens is 1. The second-order valence-electron chi connectivity index (χ2n) is 9.45. The van der Waals surface area contributed by atoms with E-state index < -0.39 is 15.8 Å². The second kappa shape index (κ2) is 10.1. The molecule has 2 aliphatic rings. The molecular weight excluding hydrogens is 470 g/mol. The highest BCUT2D eigenvalue weighted by Gasteiger charge is 2.39. The van der Waals surface area contributed by atoms with Crippen LogP contribution in [0.25, 0.3) is 0 Å². The van der Waals surface area contributed by atoms with Gasteiger partial charge in [0.1, 0.15) is 15.7 Å². The Kier molecular flexibility index (Phi) is 7.36. The third-order valence-electron chi connectivity index (χ3n) is 6.62. The zero-order valence-corrected chi connectivity index (χ0v) is 21.3. The number of aryl methyl sites for hydroxylation is 1. The molecule has 3 atom stereocenters. The maximum Gasteiger partial charge on any atom is 0.286 e. The van der Waals surface area contributed by atoms with E-state index >= 15 is 0 Å². The lowest BCUT2D eigenvalue weighted by atomic mass is 9.70. The van der Waals surface area contributed by atoms with Crippen LogP contribution in [0.5, 0.6) is 5.75 Å². The lowest BCUT2D eigenvalue weighted by Crippen LogP contribution is -2.41. The number of benzene rings is 2. The standard InChI is InChI=1S/C26H32ClN3O3S/c1-3-4-6-18(2)15-34(28,32)30-25(31)20-8-11-24-23(14-20)29-16-26(17-33-24)12-5-7-19-13-21(27)9-10-22(19)26/h3-4,8-11,13-14,18,29H,5-7,12,15-17H2,1-2H3,(H2,28,30,31,32)/b4-3-/t18-,26-,34+/m0/s1. The number of nitrogens with zero attached hydrogens (tertiary/aromatic N) is 1. The number of rotatable bonds is 5. The van der Waals surface area contributed by atoms with Gasteiger partial charge >= 0.3 is 0 Å². The summed E-state index contributed by atoms with van der Waals surface area (Å²) in [7, 11) is -3.12. The molecule has 4 rings (SSSR count). The molecule has 0 saturated carbocycles. The van der Waals surface area contributed by atoms with Gasteiger partial charge in [-0.25, -0.2) is 9.35 Å². The van der Waals surface area contributed by atoms with Crippen molar-refractivity contribution in [2.45, 2.75) is 44.9 Å². The molecule has 0 saturated heterocycles. The topological polar surface area (TPSA) is 93.8 Å². The van der Waals surface area contributed by atoms with E-state index in [1.165, 1.54) is 11.1 Å². The Hall–Kier alpha value is -2.35. The van der Waals surface area contributed by atoms with Gasteiger partial charge in [-0.15, -0.1) is 4.36 Å². The third kappa shape index (κ3) is 5.48. The van der Waals surface area contributed by atoms with Gasteiger partial charge in [0.05, 0.1) is 12.3 Å². The normalized spacial score (nSPS) is 22.0. The monoisotopic (exact) mass is 501 g/mol. The van der Waals surface area contributed by atoms with Crippen molar-refractivity contribution in [1.82, 2.24) is 0 Å². The Morgan fingerprint density at radius 3 is 2.97 bits per heavy atom. The summed E-state index contributed by atoms with van der Waals surface area (Å²) in [5.41, 5.74) is 3.43. The molecule has 2 aromatic rings. The molecule has 1 amide bonds. The molecule has 34 heavy (non-hydrogen) atoms. The molecule has 0 bridgehead atoms. The highest BCUT2D eigenvalue weighted by atomic mass is 35.5. The fourth-order valence-corrected chi connectivity index (χ4v) is 6.51. The predicted octanol–water partition coefficient (Wildman–Crippen LogP) is 5.50. The molecule has 6 nitrogen and oxygen atoms in total. The fraction of sp³-hybridized carbons (Fsp3) is 0.423. The Labute approximate surface area is 207 Å². The Bertz CT molecular complexity index is 1240. The van der Waals surface area contributed by atoms with E-state index in [-0.39, 0.29) is 17.1 Å². The number of hydrogen-bond acceptors (Lipinski definition) is 4. The molecule has 0 aromatic heterocycles. The minimum Gasteiger partial charge on any atom is -0.490 e. The van der Waals surface area contributed by atoms with Crippen molar-refractivity contribution in [3.63, 3.8) is 0 Å². The molecular formula is C26H32ClN3O3S. The molecule has 1 spiro atoms. The van der Waals surface area contributed by atoms with Crippen molar-refractivity contribution < 1.29 is 13.7 Å². The summed E-state index contributed by atoms with van der Waals surface area (Å²) in [6, 6.07) is 11.2. The average molecular weight is 502 g/mol. The summed E-state index contributed by atoms with van der Waals surface area (Å²) in [4.78, 5) is 12.8. The van der Waals surface area contributed by atoms with E-state index in [2.05, 4.69) is 21.8 Å². The largest absolute Gasteiger partial charge is 0.490 e. The first-order valence-electron chi connectivity index (χ1n) is 11.7. The van der Waals surface area contributed by atoms with Gasteiger partial charge in [-0.2, -0.15) is 0 Å². The molecule has 2 aromatic carbocycles. The van der Waals surface area contributed by atoms with Crippen molar-refractivity contribution in [3.8, 4) is 5.75 Å². The van der Waals surface area contributed by atoms with E-state index in [1.807, 2.05) is 32.1 Å². The molecule has 1 aliphatic carbocycles. The number of carbonyl (C=O) groups excluding carboxylic acids is 1. The summed E-state index contributed by atoms with van der Waals surface area (Å²) < 4.78 is 22.9. The molecule has 182 valence electrons. The summed E-state index contributed by atoms with van der Waals surface area (Å²) in [5.74, 6) is 0.341. The highest BCUT2D eigenvalue weighted by molar-refractivity contribution is 7.91. The number of anilines is 1. The maximum atomic E-state index is 12.8. The zero-order chi connectivity index (χ0) is 24.3. The molecule has 0 unspecified atom stereocenters. The van der Waals surface area contributed by atoms with Gasteiger partial charge in [-0.1, -0.05) is 36.7 Å². The summed E-state index contributed by atoms with van der Waals surface area (Å²) in [5, 5.41) is 10.1. The summed E-state index contributed by atoms with van der Waals surface area (Å²) in [6.45, 7) is 5.10. The van der Waals surface area contributed by atoms with Crippen LogP contribution in [-0.2, 0) is 21.8 Å². The molecule has 0 fully saturated rings. The van der Waals surface area contributed by atoms with Gasteiger partial charge in [0.15, 0.2) is 0 Å². The van der Waals surface area contributed by atoms with Crippen LogP contribution in [-0.4, -0.2) is 29.0 Å². The van der Waals surface area contributed by atoms with Crippen LogP contribution in [0, 0.1) is 5.92 Å². The van der Waals surface area contributed by atoms with Crippen LogP contribution in [0.3, 0.4) is 0 Å². The number of amides is 1.